The third kappa shape index (κ3) is 4.47. The number of halogens is 1. The highest BCUT2D eigenvalue weighted by atomic mass is 79.9. The van der Waals surface area contributed by atoms with Crippen LogP contribution in [0.25, 0.3) is 0 Å². The van der Waals surface area contributed by atoms with Crippen molar-refractivity contribution < 1.29 is 14.3 Å². The lowest BCUT2D eigenvalue weighted by atomic mass is 9.91. The van der Waals surface area contributed by atoms with Gasteiger partial charge >= 0.3 is 0 Å². The molecule has 1 aromatic carbocycles. The normalized spacial score (nSPS) is 19.3. The summed E-state index contributed by atoms with van der Waals surface area (Å²) in [7, 11) is 3.14. The zero-order chi connectivity index (χ0) is 23.7. The molecule has 0 bridgehead atoms. The van der Waals surface area contributed by atoms with Crippen LogP contribution in [-0.2, 0) is 12.8 Å². The molecule has 34 heavy (non-hydrogen) atoms. The number of ether oxygens (including phenoxy) is 2. The lowest BCUT2D eigenvalue weighted by Gasteiger charge is -2.43. The van der Waals surface area contributed by atoms with Gasteiger partial charge in [0.1, 0.15) is 17.1 Å². The van der Waals surface area contributed by atoms with Crippen molar-refractivity contribution in [2.75, 3.05) is 58.4 Å². The Morgan fingerprint density at radius 2 is 1.79 bits per heavy atom. The highest BCUT2D eigenvalue weighted by Gasteiger charge is 2.30. The summed E-state index contributed by atoms with van der Waals surface area (Å²) in [6.07, 6.45) is 7.47. The van der Waals surface area contributed by atoms with Gasteiger partial charge in [-0.05, 0) is 52.9 Å². The van der Waals surface area contributed by atoms with E-state index in [1.54, 1.807) is 20.3 Å². The highest BCUT2D eigenvalue weighted by Crippen LogP contribution is 2.37. The largest absolute Gasteiger partial charge is 0.496 e. The molecule has 9 heteroatoms. The fraction of sp³-hybridized carbons (Fsp3) is 0.560. The number of aromatic nitrogens is 2. The molecule has 2 aliphatic heterocycles. The number of hydrogen-bond donors (Lipinski definition) is 0. The molecule has 3 aliphatic rings. The number of amides is 1. The van der Waals surface area contributed by atoms with E-state index in [0.29, 0.717) is 36.6 Å². The number of methoxy groups -OCH3 is 2. The number of carbonyl (C=O) groups is 1. The quantitative estimate of drug-likeness (QED) is 0.588. The van der Waals surface area contributed by atoms with Crippen molar-refractivity contribution in [3.8, 4) is 11.5 Å². The number of piperazine rings is 1. The molecule has 0 unspecified atom stereocenters. The van der Waals surface area contributed by atoms with E-state index >= 15 is 0 Å². The second kappa shape index (κ2) is 10.1. The second-order valence-electron chi connectivity index (χ2n) is 9.20. The van der Waals surface area contributed by atoms with Crippen LogP contribution in [-0.4, -0.2) is 85.2 Å². The summed E-state index contributed by atoms with van der Waals surface area (Å²) in [4.78, 5) is 30.0. The molecule has 1 aliphatic carbocycles. The molecular weight excluding hydrogens is 498 g/mol. The van der Waals surface area contributed by atoms with Crippen LogP contribution in [0.15, 0.2) is 22.8 Å². The van der Waals surface area contributed by atoms with Crippen molar-refractivity contribution in [3.05, 3.63) is 39.6 Å². The zero-order valence-electron chi connectivity index (χ0n) is 19.9. The van der Waals surface area contributed by atoms with Crippen LogP contribution in [0.2, 0.25) is 0 Å². The van der Waals surface area contributed by atoms with Crippen LogP contribution in [0.1, 0.15) is 40.9 Å². The molecule has 0 atom stereocenters. The van der Waals surface area contributed by atoms with E-state index in [9.17, 15) is 4.79 Å². The van der Waals surface area contributed by atoms with Crippen molar-refractivity contribution in [3.63, 3.8) is 0 Å². The van der Waals surface area contributed by atoms with Gasteiger partial charge in [0, 0.05) is 57.9 Å². The predicted molar refractivity (Wildman–Crippen MR) is 134 cm³/mol. The first kappa shape index (κ1) is 23.4. The molecule has 0 radical (unpaired) electrons. The molecule has 2 aromatic rings. The standard InChI is InChI=1S/C25H32BrN5O3/c1-33-21-7-6-19(26)23(34-2)22(21)24(32)30-10-8-17-16-27-25(28-20(17)9-11-30)31-14-12-29(13-15-31)18-4-3-5-18/h6-7,16,18H,3-5,8-15H2,1-2H3. The van der Waals surface area contributed by atoms with Crippen molar-refractivity contribution >= 4 is 27.8 Å². The number of rotatable bonds is 5. The van der Waals surface area contributed by atoms with Gasteiger partial charge in [0.25, 0.3) is 5.91 Å². The van der Waals surface area contributed by atoms with E-state index < -0.39 is 0 Å². The van der Waals surface area contributed by atoms with E-state index in [1.165, 1.54) is 19.3 Å². The minimum absolute atomic E-state index is 0.0943. The summed E-state index contributed by atoms with van der Waals surface area (Å²) in [6.45, 7) is 5.32. The van der Waals surface area contributed by atoms with Gasteiger partial charge in [-0.2, -0.15) is 0 Å². The Morgan fingerprint density at radius 1 is 1.03 bits per heavy atom. The molecule has 0 spiro atoms. The van der Waals surface area contributed by atoms with Crippen LogP contribution in [0.5, 0.6) is 11.5 Å². The van der Waals surface area contributed by atoms with Crippen molar-refractivity contribution in [2.24, 2.45) is 0 Å². The molecule has 5 rings (SSSR count). The molecule has 182 valence electrons. The molecular formula is C25H32BrN5O3. The molecule has 1 amide bonds. The number of benzene rings is 1. The maximum absolute atomic E-state index is 13.5. The van der Waals surface area contributed by atoms with Crippen molar-refractivity contribution in [1.29, 1.82) is 0 Å². The minimum atomic E-state index is -0.0943. The molecule has 0 N–H and O–H groups in total. The van der Waals surface area contributed by atoms with Gasteiger partial charge in [0.15, 0.2) is 0 Å². The van der Waals surface area contributed by atoms with Crippen LogP contribution in [0, 0.1) is 0 Å². The van der Waals surface area contributed by atoms with Gasteiger partial charge in [0.05, 0.1) is 24.4 Å². The van der Waals surface area contributed by atoms with Gasteiger partial charge in [-0.25, -0.2) is 9.97 Å². The second-order valence-corrected chi connectivity index (χ2v) is 10.1. The van der Waals surface area contributed by atoms with Gasteiger partial charge in [0.2, 0.25) is 5.95 Å². The lowest BCUT2D eigenvalue weighted by molar-refractivity contribution is 0.0755. The SMILES string of the molecule is COc1ccc(Br)c(OC)c1C(=O)N1CCc2cnc(N3CCN(C4CCC4)CC3)nc2CC1. The summed E-state index contributed by atoms with van der Waals surface area (Å²) in [5, 5.41) is 0. The molecule has 1 saturated carbocycles. The first-order chi connectivity index (χ1) is 16.6. The zero-order valence-corrected chi connectivity index (χ0v) is 21.5. The lowest BCUT2D eigenvalue weighted by Crippen LogP contribution is -2.52. The van der Waals surface area contributed by atoms with E-state index in [-0.39, 0.29) is 5.91 Å². The summed E-state index contributed by atoms with van der Waals surface area (Å²) in [6, 6.07) is 4.41. The third-order valence-corrected chi connectivity index (χ3v) is 8.02. The van der Waals surface area contributed by atoms with Crippen LogP contribution in [0.3, 0.4) is 0 Å². The Bertz CT molecular complexity index is 1050. The van der Waals surface area contributed by atoms with Gasteiger partial charge in [-0.15, -0.1) is 0 Å². The Kier molecular flexibility index (Phi) is 6.92. The van der Waals surface area contributed by atoms with Crippen LogP contribution >= 0.6 is 15.9 Å². The Morgan fingerprint density at radius 3 is 2.47 bits per heavy atom. The Labute approximate surface area is 209 Å². The monoisotopic (exact) mass is 529 g/mol. The third-order valence-electron chi connectivity index (χ3n) is 7.40. The number of carbonyl (C=O) groups excluding carboxylic acids is 1. The van der Waals surface area contributed by atoms with Gasteiger partial charge in [-0.3, -0.25) is 9.69 Å². The topological polar surface area (TPSA) is 71.0 Å². The first-order valence-corrected chi connectivity index (χ1v) is 12.9. The van der Waals surface area contributed by atoms with Gasteiger partial charge < -0.3 is 19.3 Å². The maximum Gasteiger partial charge on any atom is 0.261 e. The van der Waals surface area contributed by atoms with Crippen LogP contribution < -0.4 is 14.4 Å². The smallest absolute Gasteiger partial charge is 0.261 e. The first-order valence-electron chi connectivity index (χ1n) is 12.1. The summed E-state index contributed by atoms with van der Waals surface area (Å²) < 4.78 is 11.7. The van der Waals surface area contributed by atoms with E-state index in [0.717, 1.165) is 60.3 Å². The van der Waals surface area contributed by atoms with Crippen LogP contribution in [0.4, 0.5) is 5.95 Å². The predicted octanol–water partition coefficient (Wildman–Crippen LogP) is 3.17. The highest BCUT2D eigenvalue weighted by molar-refractivity contribution is 9.10. The van der Waals surface area contributed by atoms with Crippen molar-refractivity contribution in [1.82, 2.24) is 19.8 Å². The van der Waals surface area contributed by atoms with E-state index in [1.807, 2.05) is 17.2 Å². The molecule has 1 aromatic heterocycles. The fourth-order valence-electron chi connectivity index (χ4n) is 5.13. The average molecular weight is 530 g/mol. The maximum atomic E-state index is 13.5. The molecule has 8 nitrogen and oxygen atoms in total. The van der Waals surface area contributed by atoms with Gasteiger partial charge in [-0.1, -0.05) is 6.42 Å². The summed E-state index contributed by atoms with van der Waals surface area (Å²) in [5.41, 5.74) is 2.62. The van der Waals surface area contributed by atoms with E-state index in [2.05, 4.69) is 25.7 Å². The molecule has 3 heterocycles. The number of nitrogens with zero attached hydrogens (tertiary/aromatic N) is 5. The minimum Gasteiger partial charge on any atom is -0.496 e. The Hall–Kier alpha value is -2.39. The fourth-order valence-corrected chi connectivity index (χ4v) is 5.62. The molecule has 2 fully saturated rings. The Balaban J connectivity index is 1.29. The molecule has 1 saturated heterocycles. The number of hydrogen-bond acceptors (Lipinski definition) is 7. The summed E-state index contributed by atoms with van der Waals surface area (Å²) in [5.74, 6) is 1.73. The average Bonchev–Trinajstić information content (AvgIpc) is 3.05. The number of fused-ring (bicyclic) bond motifs is 1. The van der Waals surface area contributed by atoms with E-state index in [4.69, 9.17) is 19.4 Å². The number of anilines is 1. The van der Waals surface area contributed by atoms with Crippen molar-refractivity contribution in [2.45, 2.75) is 38.1 Å². The summed E-state index contributed by atoms with van der Waals surface area (Å²) >= 11 is 3.49.